The molecule has 1 N–H and O–H groups in total. The second kappa shape index (κ2) is 6.26. The molecule has 0 aliphatic rings. The van der Waals surface area contributed by atoms with Crippen molar-refractivity contribution >= 4 is 33.1 Å². The molecular weight excluding hydrogens is 312 g/mol. The Hall–Kier alpha value is -2.60. The van der Waals surface area contributed by atoms with Gasteiger partial charge in [-0.3, -0.25) is 4.79 Å². The van der Waals surface area contributed by atoms with Crippen LogP contribution >= 0.6 is 11.3 Å². The minimum atomic E-state index is -0.257. The Labute approximate surface area is 137 Å². The number of ether oxygens (including phenoxy) is 2. The number of benzene rings is 2. The highest BCUT2D eigenvalue weighted by molar-refractivity contribution is 7.18. The van der Waals surface area contributed by atoms with E-state index < -0.39 is 0 Å². The van der Waals surface area contributed by atoms with E-state index in [1.165, 1.54) is 14.2 Å². The average molecular weight is 328 g/mol. The number of anilines is 1. The quantitative estimate of drug-likeness (QED) is 0.790. The van der Waals surface area contributed by atoms with Crippen molar-refractivity contribution < 1.29 is 14.3 Å². The third-order valence-electron chi connectivity index (χ3n) is 3.40. The molecular formula is C17H16N2O3S. The molecule has 0 radical (unpaired) electrons. The van der Waals surface area contributed by atoms with Crippen LogP contribution in [-0.2, 0) is 0 Å². The number of nitrogens with zero attached hydrogens (tertiary/aromatic N) is 1. The predicted octanol–water partition coefficient (Wildman–Crippen LogP) is 3.87. The van der Waals surface area contributed by atoms with E-state index in [-0.39, 0.29) is 5.91 Å². The van der Waals surface area contributed by atoms with E-state index in [9.17, 15) is 4.79 Å². The van der Waals surface area contributed by atoms with Crippen molar-refractivity contribution in [3.63, 3.8) is 0 Å². The van der Waals surface area contributed by atoms with Crippen molar-refractivity contribution in [3.05, 3.63) is 47.0 Å². The number of amides is 1. The standard InChI is InChI=1S/C17H16N2O3S/c1-10-18-13-9-11(7-8-15(13)23-10)19-17(20)12-5-4-6-14(21-2)16(12)22-3/h4-9H,1-3H3,(H,19,20). The van der Waals surface area contributed by atoms with Crippen molar-refractivity contribution in [2.75, 3.05) is 19.5 Å². The van der Waals surface area contributed by atoms with E-state index in [0.29, 0.717) is 22.7 Å². The summed E-state index contributed by atoms with van der Waals surface area (Å²) in [5.41, 5.74) is 1.99. The molecule has 0 unspecified atom stereocenters. The van der Waals surface area contributed by atoms with Gasteiger partial charge in [0.25, 0.3) is 5.91 Å². The van der Waals surface area contributed by atoms with Crippen LogP contribution in [0.2, 0.25) is 0 Å². The number of aryl methyl sites for hydroxylation is 1. The fourth-order valence-corrected chi connectivity index (χ4v) is 3.19. The molecule has 3 aromatic rings. The van der Waals surface area contributed by atoms with Gasteiger partial charge in [0.1, 0.15) is 0 Å². The summed E-state index contributed by atoms with van der Waals surface area (Å²) in [6.45, 7) is 1.96. The monoisotopic (exact) mass is 328 g/mol. The molecule has 23 heavy (non-hydrogen) atoms. The highest BCUT2D eigenvalue weighted by Gasteiger charge is 2.16. The van der Waals surface area contributed by atoms with Crippen molar-refractivity contribution in [1.29, 1.82) is 0 Å². The Kier molecular flexibility index (Phi) is 4.16. The molecule has 0 aliphatic carbocycles. The van der Waals surface area contributed by atoms with Crippen molar-refractivity contribution in [3.8, 4) is 11.5 Å². The summed E-state index contributed by atoms with van der Waals surface area (Å²) in [6.07, 6.45) is 0. The van der Waals surface area contributed by atoms with Crippen LogP contribution in [0.3, 0.4) is 0 Å². The molecule has 1 amide bonds. The van der Waals surface area contributed by atoms with Crippen LogP contribution in [0, 0.1) is 6.92 Å². The van der Waals surface area contributed by atoms with Crippen LogP contribution in [-0.4, -0.2) is 25.1 Å². The summed E-state index contributed by atoms with van der Waals surface area (Å²) < 4.78 is 11.6. The van der Waals surface area contributed by atoms with Crippen LogP contribution in [0.25, 0.3) is 10.2 Å². The first-order chi connectivity index (χ1) is 11.1. The van der Waals surface area contributed by atoms with Crippen LogP contribution in [0.5, 0.6) is 11.5 Å². The number of aromatic nitrogens is 1. The fourth-order valence-electron chi connectivity index (χ4n) is 2.38. The number of fused-ring (bicyclic) bond motifs is 1. The minimum absolute atomic E-state index is 0.257. The molecule has 0 saturated carbocycles. The predicted molar refractivity (Wildman–Crippen MR) is 91.9 cm³/mol. The molecule has 6 heteroatoms. The van der Waals surface area contributed by atoms with E-state index in [2.05, 4.69) is 10.3 Å². The van der Waals surface area contributed by atoms with Gasteiger partial charge >= 0.3 is 0 Å². The second-order valence-electron chi connectivity index (χ2n) is 4.91. The summed E-state index contributed by atoms with van der Waals surface area (Å²) in [4.78, 5) is 17.0. The zero-order valence-electron chi connectivity index (χ0n) is 13.0. The third-order valence-corrected chi connectivity index (χ3v) is 4.35. The maximum Gasteiger partial charge on any atom is 0.259 e. The van der Waals surface area contributed by atoms with E-state index in [1.807, 2.05) is 25.1 Å². The van der Waals surface area contributed by atoms with Crippen LogP contribution in [0.15, 0.2) is 36.4 Å². The lowest BCUT2D eigenvalue weighted by Gasteiger charge is -2.12. The Bertz CT molecular complexity index is 873. The van der Waals surface area contributed by atoms with Gasteiger partial charge in [-0.2, -0.15) is 0 Å². The number of thiazole rings is 1. The number of methoxy groups -OCH3 is 2. The Balaban J connectivity index is 1.91. The fraction of sp³-hybridized carbons (Fsp3) is 0.176. The van der Waals surface area contributed by atoms with Crippen LogP contribution in [0.4, 0.5) is 5.69 Å². The third kappa shape index (κ3) is 2.98. The molecule has 1 heterocycles. The first-order valence-corrected chi connectivity index (χ1v) is 7.83. The summed E-state index contributed by atoms with van der Waals surface area (Å²) in [7, 11) is 3.05. The van der Waals surface area contributed by atoms with Gasteiger partial charge in [-0.1, -0.05) is 6.07 Å². The first kappa shape index (κ1) is 15.3. The SMILES string of the molecule is COc1cccc(C(=O)Nc2ccc3sc(C)nc3c2)c1OC. The molecule has 0 atom stereocenters. The van der Waals surface area contributed by atoms with Gasteiger partial charge in [0.05, 0.1) is 35.0 Å². The molecule has 0 saturated heterocycles. The van der Waals surface area contributed by atoms with E-state index in [4.69, 9.17) is 9.47 Å². The summed E-state index contributed by atoms with van der Waals surface area (Å²) in [6, 6.07) is 10.9. The number of rotatable bonds is 4. The van der Waals surface area contributed by atoms with Gasteiger partial charge in [0.15, 0.2) is 11.5 Å². The molecule has 1 aromatic heterocycles. The molecule has 118 valence electrons. The Morgan fingerprint density at radius 3 is 2.74 bits per heavy atom. The van der Waals surface area contributed by atoms with Crippen LogP contribution in [0.1, 0.15) is 15.4 Å². The van der Waals surface area contributed by atoms with Gasteiger partial charge in [0, 0.05) is 5.69 Å². The molecule has 3 rings (SSSR count). The smallest absolute Gasteiger partial charge is 0.259 e. The van der Waals surface area contributed by atoms with Gasteiger partial charge in [-0.05, 0) is 37.3 Å². The molecule has 0 bridgehead atoms. The van der Waals surface area contributed by atoms with Crippen molar-refractivity contribution in [2.24, 2.45) is 0 Å². The second-order valence-corrected chi connectivity index (χ2v) is 6.15. The van der Waals surface area contributed by atoms with Gasteiger partial charge in [0.2, 0.25) is 0 Å². The number of carbonyl (C=O) groups is 1. The maximum atomic E-state index is 12.5. The Morgan fingerprint density at radius 2 is 2.00 bits per heavy atom. The number of hydrogen-bond acceptors (Lipinski definition) is 5. The number of para-hydroxylation sites is 1. The lowest BCUT2D eigenvalue weighted by atomic mass is 10.1. The van der Waals surface area contributed by atoms with E-state index in [0.717, 1.165) is 15.2 Å². The zero-order chi connectivity index (χ0) is 16.4. The highest BCUT2D eigenvalue weighted by Crippen LogP contribution is 2.31. The largest absolute Gasteiger partial charge is 0.493 e. The highest BCUT2D eigenvalue weighted by atomic mass is 32.1. The molecule has 0 spiro atoms. The Morgan fingerprint density at radius 1 is 1.17 bits per heavy atom. The lowest BCUT2D eigenvalue weighted by molar-refractivity contribution is 0.102. The first-order valence-electron chi connectivity index (χ1n) is 7.02. The summed E-state index contributed by atoms with van der Waals surface area (Å²) >= 11 is 1.63. The molecule has 5 nitrogen and oxygen atoms in total. The summed E-state index contributed by atoms with van der Waals surface area (Å²) in [5.74, 6) is 0.677. The maximum absolute atomic E-state index is 12.5. The number of carbonyl (C=O) groups excluding carboxylic acids is 1. The van der Waals surface area contributed by atoms with Crippen LogP contribution < -0.4 is 14.8 Å². The number of nitrogens with one attached hydrogen (secondary N) is 1. The van der Waals surface area contributed by atoms with Crippen molar-refractivity contribution in [1.82, 2.24) is 4.98 Å². The van der Waals surface area contributed by atoms with E-state index >= 15 is 0 Å². The topological polar surface area (TPSA) is 60.5 Å². The van der Waals surface area contributed by atoms with Gasteiger partial charge < -0.3 is 14.8 Å². The lowest BCUT2D eigenvalue weighted by Crippen LogP contribution is -2.13. The average Bonchev–Trinajstić information content (AvgIpc) is 2.93. The van der Waals surface area contributed by atoms with E-state index in [1.54, 1.807) is 29.5 Å². The molecule has 0 aliphatic heterocycles. The summed E-state index contributed by atoms with van der Waals surface area (Å²) in [5, 5.41) is 3.87. The van der Waals surface area contributed by atoms with Crippen molar-refractivity contribution in [2.45, 2.75) is 6.92 Å². The van der Waals surface area contributed by atoms with Gasteiger partial charge in [-0.25, -0.2) is 4.98 Å². The molecule has 0 fully saturated rings. The number of hydrogen-bond donors (Lipinski definition) is 1. The minimum Gasteiger partial charge on any atom is -0.493 e. The van der Waals surface area contributed by atoms with Gasteiger partial charge in [-0.15, -0.1) is 11.3 Å². The molecule has 2 aromatic carbocycles. The zero-order valence-corrected chi connectivity index (χ0v) is 13.9. The normalized spacial score (nSPS) is 10.6.